The van der Waals surface area contributed by atoms with E-state index in [1.165, 1.54) is 18.9 Å². The molecule has 0 saturated heterocycles. The van der Waals surface area contributed by atoms with Crippen molar-refractivity contribution in [1.29, 1.82) is 0 Å². The quantitative estimate of drug-likeness (QED) is 0.690. The van der Waals surface area contributed by atoms with Gasteiger partial charge in [0.1, 0.15) is 11.6 Å². The van der Waals surface area contributed by atoms with Gasteiger partial charge in [0, 0.05) is 12.1 Å². The van der Waals surface area contributed by atoms with Gasteiger partial charge in [0.15, 0.2) is 5.65 Å². The highest BCUT2D eigenvalue weighted by Crippen LogP contribution is 2.35. The van der Waals surface area contributed by atoms with E-state index in [0.717, 1.165) is 6.54 Å². The molecule has 142 valence electrons. The largest absolute Gasteiger partial charge is 0.383 e. The molecule has 0 unspecified atom stereocenters. The highest BCUT2D eigenvalue weighted by molar-refractivity contribution is 6.31. The number of anilines is 2. The Bertz CT molecular complexity index is 1020. The second-order valence-corrected chi connectivity index (χ2v) is 8.42. The van der Waals surface area contributed by atoms with Gasteiger partial charge in [-0.3, -0.25) is 0 Å². The molecule has 1 aliphatic rings. The first-order valence-electron chi connectivity index (χ1n) is 9.00. The molecule has 0 radical (unpaired) electrons. The normalized spacial score (nSPS) is 14.7. The minimum absolute atomic E-state index is 0.0357. The van der Waals surface area contributed by atoms with Crippen LogP contribution in [-0.2, 0) is 5.54 Å². The molecule has 3 aromatic rings. The summed E-state index contributed by atoms with van der Waals surface area (Å²) in [7, 11) is 0. The lowest BCUT2D eigenvalue weighted by molar-refractivity contribution is 0.364. The van der Waals surface area contributed by atoms with Crippen LogP contribution in [0.3, 0.4) is 0 Å². The Morgan fingerprint density at radius 1 is 1.30 bits per heavy atom. The average Bonchev–Trinajstić information content (AvgIpc) is 3.37. The van der Waals surface area contributed by atoms with Crippen LogP contribution in [0, 0.1) is 11.7 Å². The van der Waals surface area contributed by atoms with Crippen LogP contribution in [0.2, 0.25) is 5.02 Å². The van der Waals surface area contributed by atoms with Gasteiger partial charge in [0.2, 0.25) is 5.95 Å². The maximum atomic E-state index is 13.6. The van der Waals surface area contributed by atoms with Crippen LogP contribution in [0.25, 0.3) is 22.3 Å². The molecule has 3 N–H and O–H groups in total. The summed E-state index contributed by atoms with van der Waals surface area (Å²) in [6, 6.07) is 4.52. The fourth-order valence-corrected chi connectivity index (χ4v) is 3.19. The zero-order valence-corrected chi connectivity index (χ0v) is 16.3. The van der Waals surface area contributed by atoms with E-state index in [1.807, 2.05) is 20.8 Å². The van der Waals surface area contributed by atoms with Crippen molar-refractivity contribution in [2.45, 2.75) is 39.2 Å². The van der Waals surface area contributed by atoms with Crippen molar-refractivity contribution < 1.29 is 4.39 Å². The predicted molar refractivity (Wildman–Crippen MR) is 106 cm³/mol. The Balaban J connectivity index is 1.91. The predicted octanol–water partition coefficient (Wildman–Crippen LogP) is 4.44. The molecule has 2 aromatic heterocycles. The fourth-order valence-electron chi connectivity index (χ4n) is 3.01. The summed E-state index contributed by atoms with van der Waals surface area (Å²) in [6.45, 7) is 6.88. The van der Waals surface area contributed by atoms with Crippen LogP contribution in [0.1, 0.15) is 33.6 Å². The van der Waals surface area contributed by atoms with Gasteiger partial charge in [-0.25, -0.2) is 14.1 Å². The summed E-state index contributed by atoms with van der Waals surface area (Å²) < 4.78 is 15.4. The molecule has 0 bridgehead atoms. The van der Waals surface area contributed by atoms with E-state index in [1.54, 1.807) is 16.8 Å². The number of nitrogens with two attached hydrogens (primary N) is 1. The Morgan fingerprint density at radius 3 is 2.67 bits per heavy atom. The third kappa shape index (κ3) is 3.43. The van der Waals surface area contributed by atoms with E-state index >= 15 is 0 Å². The minimum Gasteiger partial charge on any atom is -0.383 e. The molecular formula is C19H22ClFN6. The van der Waals surface area contributed by atoms with Gasteiger partial charge in [-0.1, -0.05) is 11.6 Å². The monoisotopic (exact) mass is 388 g/mol. The van der Waals surface area contributed by atoms with E-state index < -0.39 is 5.82 Å². The summed E-state index contributed by atoms with van der Waals surface area (Å²) >= 11 is 6.00. The zero-order valence-electron chi connectivity index (χ0n) is 15.6. The molecule has 0 aliphatic heterocycles. The van der Waals surface area contributed by atoms with E-state index in [0.29, 0.717) is 40.0 Å². The second-order valence-electron chi connectivity index (χ2n) is 8.02. The summed E-state index contributed by atoms with van der Waals surface area (Å²) in [6.07, 6.45) is 2.45. The molecule has 0 amide bonds. The van der Waals surface area contributed by atoms with Crippen LogP contribution in [0.4, 0.5) is 16.2 Å². The van der Waals surface area contributed by atoms with Crippen molar-refractivity contribution in [3.8, 4) is 11.3 Å². The number of nitrogens with zero attached hydrogens (tertiary/aromatic N) is 4. The van der Waals surface area contributed by atoms with Crippen LogP contribution < -0.4 is 11.1 Å². The van der Waals surface area contributed by atoms with Gasteiger partial charge in [-0.2, -0.15) is 4.98 Å². The Kier molecular flexibility index (Phi) is 4.22. The Morgan fingerprint density at radius 2 is 2.04 bits per heavy atom. The van der Waals surface area contributed by atoms with Crippen LogP contribution in [-0.4, -0.2) is 26.3 Å². The van der Waals surface area contributed by atoms with Crippen LogP contribution in [0.5, 0.6) is 0 Å². The van der Waals surface area contributed by atoms with E-state index in [2.05, 4.69) is 20.4 Å². The number of hydrogen-bond donors (Lipinski definition) is 2. The molecule has 0 spiro atoms. The average molecular weight is 389 g/mol. The summed E-state index contributed by atoms with van der Waals surface area (Å²) in [4.78, 5) is 9.22. The van der Waals surface area contributed by atoms with Crippen molar-refractivity contribution in [3.05, 3.63) is 29.0 Å². The number of benzene rings is 1. The molecular weight excluding hydrogens is 367 g/mol. The lowest BCUT2D eigenvalue weighted by Crippen LogP contribution is -2.24. The van der Waals surface area contributed by atoms with Crippen molar-refractivity contribution >= 4 is 34.4 Å². The third-order valence-corrected chi connectivity index (χ3v) is 4.93. The fraction of sp³-hybridized carbons (Fsp3) is 0.421. The zero-order chi connectivity index (χ0) is 19.3. The van der Waals surface area contributed by atoms with Crippen molar-refractivity contribution in [2.75, 3.05) is 17.6 Å². The Labute approximate surface area is 161 Å². The van der Waals surface area contributed by atoms with Gasteiger partial charge < -0.3 is 11.1 Å². The number of nitrogens with one attached hydrogen (secondary N) is 1. The highest BCUT2D eigenvalue weighted by Gasteiger charge is 2.25. The Hall–Kier alpha value is -2.41. The van der Waals surface area contributed by atoms with Crippen LogP contribution >= 0.6 is 11.6 Å². The number of fused-ring (bicyclic) bond motifs is 1. The first-order chi connectivity index (χ1) is 12.7. The minimum atomic E-state index is -0.476. The molecule has 0 atom stereocenters. The van der Waals surface area contributed by atoms with E-state index in [4.69, 9.17) is 17.3 Å². The van der Waals surface area contributed by atoms with Gasteiger partial charge >= 0.3 is 0 Å². The lowest BCUT2D eigenvalue weighted by Gasteiger charge is -2.20. The number of hydrogen-bond acceptors (Lipinski definition) is 5. The molecule has 27 heavy (non-hydrogen) atoms. The van der Waals surface area contributed by atoms with Gasteiger partial charge in [0.05, 0.1) is 21.6 Å². The topological polar surface area (TPSA) is 81.7 Å². The number of aromatic nitrogens is 4. The summed E-state index contributed by atoms with van der Waals surface area (Å²) in [5, 5.41) is 8.57. The molecule has 6 nitrogen and oxygen atoms in total. The van der Waals surface area contributed by atoms with Crippen molar-refractivity contribution in [1.82, 2.24) is 19.7 Å². The first-order valence-corrected chi connectivity index (χ1v) is 9.38. The molecule has 2 heterocycles. The summed E-state index contributed by atoms with van der Waals surface area (Å²) in [5.74, 6) is 1.16. The molecule has 8 heteroatoms. The first kappa shape index (κ1) is 18.0. The molecule has 1 aliphatic carbocycles. The van der Waals surface area contributed by atoms with E-state index in [9.17, 15) is 4.39 Å². The van der Waals surface area contributed by atoms with E-state index in [-0.39, 0.29) is 10.6 Å². The molecule has 1 aromatic carbocycles. The lowest BCUT2D eigenvalue weighted by atomic mass is 10.1. The molecule has 1 fully saturated rings. The maximum Gasteiger partial charge on any atom is 0.225 e. The maximum absolute atomic E-state index is 13.6. The number of halogens is 2. The standard InChI is InChI=1S/C19H22ClFN6/c1-19(2,3)27-16(22)14-15(11-6-7-13(21)12(20)8-11)24-18(25-17(14)26-27)23-9-10-4-5-10/h6-8,10H,4-5,9,22H2,1-3H3,(H,23,25,26). The SMILES string of the molecule is CC(C)(C)n1nc2nc(NCC3CC3)nc(-c3ccc(F)c(Cl)c3)c2c1N. The van der Waals surface area contributed by atoms with Gasteiger partial charge in [-0.05, 0) is 57.7 Å². The number of rotatable bonds is 4. The molecule has 1 saturated carbocycles. The number of nitrogen functional groups attached to an aromatic ring is 1. The van der Waals surface area contributed by atoms with Gasteiger partial charge in [0.25, 0.3) is 0 Å². The van der Waals surface area contributed by atoms with Crippen molar-refractivity contribution in [2.24, 2.45) is 5.92 Å². The van der Waals surface area contributed by atoms with Crippen LogP contribution in [0.15, 0.2) is 18.2 Å². The molecule has 4 rings (SSSR count). The summed E-state index contributed by atoms with van der Waals surface area (Å²) in [5.41, 5.74) is 7.86. The third-order valence-electron chi connectivity index (χ3n) is 4.64. The highest BCUT2D eigenvalue weighted by atomic mass is 35.5. The second kappa shape index (κ2) is 6.34. The smallest absolute Gasteiger partial charge is 0.225 e. The van der Waals surface area contributed by atoms with Crippen molar-refractivity contribution in [3.63, 3.8) is 0 Å². The van der Waals surface area contributed by atoms with Gasteiger partial charge in [-0.15, -0.1) is 5.10 Å².